The Morgan fingerprint density at radius 2 is 1.09 bits per heavy atom. The van der Waals surface area contributed by atoms with Crippen molar-refractivity contribution in [3.05, 3.63) is 0 Å². The Kier molecular flexibility index (Phi) is 13.6. The minimum absolute atomic E-state index is 0.167. The first kappa shape index (κ1) is 21.7. The molecule has 0 aromatic carbocycles. The Bertz CT molecular complexity index is 288. The number of hydrogen-bond donors (Lipinski definition) is 5. The van der Waals surface area contributed by atoms with Gasteiger partial charge in [-0.25, -0.2) is 0 Å². The van der Waals surface area contributed by atoms with Crippen molar-refractivity contribution in [1.29, 1.82) is 0 Å². The Labute approximate surface area is 135 Å². The summed E-state index contributed by atoms with van der Waals surface area (Å²) in [5, 5.41) is 38.1. The van der Waals surface area contributed by atoms with E-state index >= 15 is 0 Å². The smallest absolute Gasteiger partial charge is 0.306 e. The molecule has 136 valence electrons. The molecule has 0 spiro atoms. The molecule has 0 atom stereocenters. The summed E-state index contributed by atoms with van der Waals surface area (Å²) in [4.78, 5) is 22.7. The molecule has 5 N–H and O–H groups in total. The largest absolute Gasteiger partial charge is 0.457 e. The van der Waals surface area contributed by atoms with Crippen LogP contribution in [0.2, 0.25) is 0 Å². The Balaban J connectivity index is 3.52. The zero-order chi connectivity index (χ0) is 17.5. The topological polar surface area (TPSA) is 146 Å². The second-order valence-electron chi connectivity index (χ2n) is 4.91. The van der Waals surface area contributed by atoms with Crippen LogP contribution in [0.1, 0.15) is 25.7 Å². The monoisotopic (exact) mass is 337 g/mol. The van der Waals surface area contributed by atoms with Crippen LogP contribution in [-0.4, -0.2) is 84.1 Å². The van der Waals surface area contributed by atoms with Crippen LogP contribution >= 0.6 is 0 Å². The van der Waals surface area contributed by atoms with Gasteiger partial charge in [-0.3, -0.25) is 9.59 Å². The standard InChI is InChI=1S/C14H27NO8/c16-7-11(8-17)22-13(20)3-1-5-15-6-2-4-14(21)23-12(9-18)10-19/h11-12,15-19H,1-10H2. The predicted molar refractivity (Wildman–Crippen MR) is 79.4 cm³/mol. The van der Waals surface area contributed by atoms with Gasteiger partial charge in [-0.15, -0.1) is 0 Å². The van der Waals surface area contributed by atoms with Crippen LogP contribution < -0.4 is 5.32 Å². The summed E-state index contributed by atoms with van der Waals surface area (Å²) in [6, 6.07) is 0. The summed E-state index contributed by atoms with van der Waals surface area (Å²) < 4.78 is 9.59. The summed E-state index contributed by atoms with van der Waals surface area (Å²) >= 11 is 0. The lowest BCUT2D eigenvalue weighted by Gasteiger charge is -2.13. The predicted octanol–water partition coefficient (Wildman–Crippen LogP) is -2.07. The lowest BCUT2D eigenvalue weighted by atomic mass is 10.2. The molecule has 0 unspecified atom stereocenters. The van der Waals surface area contributed by atoms with Crippen molar-refractivity contribution in [2.24, 2.45) is 0 Å². The molecule has 0 amide bonds. The van der Waals surface area contributed by atoms with Crippen LogP contribution in [0.3, 0.4) is 0 Å². The zero-order valence-corrected chi connectivity index (χ0v) is 13.1. The number of hydrogen-bond acceptors (Lipinski definition) is 9. The van der Waals surface area contributed by atoms with Crippen LogP contribution in [0, 0.1) is 0 Å². The van der Waals surface area contributed by atoms with Crippen LogP contribution in [0.5, 0.6) is 0 Å². The van der Waals surface area contributed by atoms with Crippen LogP contribution in [0.15, 0.2) is 0 Å². The molecule has 0 bridgehead atoms. The minimum Gasteiger partial charge on any atom is -0.457 e. The van der Waals surface area contributed by atoms with Crippen molar-refractivity contribution >= 4 is 11.9 Å². The molecule has 0 aliphatic carbocycles. The first-order chi connectivity index (χ1) is 11.1. The normalized spacial score (nSPS) is 11.0. The van der Waals surface area contributed by atoms with Gasteiger partial charge in [-0.05, 0) is 25.9 Å². The van der Waals surface area contributed by atoms with Gasteiger partial charge in [0, 0.05) is 12.8 Å². The maximum Gasteiger partial charge on any atom is 0.306 e. The molecule has 0 rings (SSSR count). The van der Waals surface area contributed by atoms with Gasteiger partial charge in [-0.2, -0.15) is 0 Å². The highest BCUT2D eigenvalue weighted by atomic mass is 16.6. The van der Waals surface area contributed by atoms with Crippen molar-refractivity contribution < 1.29 is 39.5 Å². The molecular formula is C14H27NO8. The van der Waals surface area contributed by atoms with E-state index in [0.717, 1.165) is 0 Å². The van der Waals surface area contributed by atoms with E-state index < -0.39 is 50.6 Å². The lowest BCUT2D eigenvalue weighted by molar-refractivity contribution is -0.154. The van der Waals surface area contributed by atoms with E-state index in [1.165, 1.54) is 0 Å². The third kappa shape index (κ3) is 11.9. The first-order valence-electron chi connectivity index (χ1n) is 7.60. The van der Waals surface area contributed by atoms with Crippen LogP contribution in [0.4, 0.5) is 0 Å². The Morgan fingerprint density at radius 3 is 1.39 bits per heavy atom. The van der Waals surface area contributed by atoms with Crippen molar-refractivity contribution in [2.45, 2.75) is 37.9 Å². The average molecular weight is 337 g/mol. The number of rotatable bonds is 14. The van der Waals surface area contributed by atoms with Gasteiger partial charge < -0.3 is 35.2 Å². The zero-order valence-electron chi connectivity index (χ0n) is 13.1. The van der Waals surface area contributed by atoms with Crippen molar-refractivity contribution in [3.63, 3.8) is 0 Å². The first-order valence-corrected chi connectivity index (χ1v) is 7.60. The second-order valence-corrected chi connectivity index (χ2v) is 4.91. The Hall–Kier alpha value is -1.26. The molecule has 0 aliphatic rings. The van der Waals surface area contributed by atoms with E-state index in [4.69, 9.17) is 29.9 Å². The SMILES string of the molecule is O=C(CCCNCCCC(=O)OC(CO)CO)OC(CO)CO. The van der Waals surface area contributed by atoms with E-state index in [9.17, 15) is 9.59 Å². The third-order valence-corrected chi connectivity index (χ3v) is 2.88. The molecule has 0 aromatic rings. The number of aliphatic hydroxyl groups is 4. The highest BCUT2D eigenvalue weighted by molar-refractivity contribution is 5.69. The number of esters is 2. The van der Waals surface area contributed by atoms with E-state index in [1.807, 2.05) is 0 Å². The van der Waals surface area contributed by atoms with Gasteiger partial charge in [0.1, 0.15) is 12.2 Å². The number of carbonyl (C=O) groups is 2. The van der Waals surface area contributed by atoms with E-state index in [1.54, 1.807) is 0 Å². The maximum absolute atomic E-state index is 11.3. The van der Waals surface area contributed by atoms with Crippen LogP contribution in [-0.2, 0) is 19.1 Å². The minimum atomic E-state index is -0.872. The van der Waals surface area contributed by atoms with Gasteiger partial charge in [-0.1, -0.05) is 0 Å². The van der Waals surface area contributed by atoms with Gasteiger partial charge in [0.25, 0.3) is 0 Å². The summed E-state index contributed by atoms with van der Waals surface area (Å²) in [5.41, 5.74) is 0. The third-order valence-electron chi connectivity index (χ3n) is 2.88. The second kappa shape index (κ2) is 14.3. The molecule has 0 aliphatic heterocycles. The molecule has 23 heavy (non-hydrogen) atoms. The van der Waals surface area contributed by atoms with Crippen molar-refractivity contribution in [2.75, 3.05) is 39.5 Å². The molecule has 0 aromatic heterocycles. The summed E-state index contributed by atoms with van der Waals surface area (Å²) in [6.07, 6.45) is -0.347. The highest BCUT2D eigenvalue weighted by Gasteiger charge is 2.12. The molecule has 0 saturated carbocycles. The summed E-state index contributed by atoms with van der Waals surface area (Å²) in [6.45, 7) is -0.534. The molecular weight excluding hydrogens is 310 g/mol. The summed E-state index contributed by atoms with van der Waals surface area (Å²) in [7, 11) is 0. The van der Waals surface area contributed by atoms with Crippen molar-refractivity contribution in [1.82, 2.24) is 5.32 Å². The fraction of sp³-hybridized carbons (Fsp3) is 0.857. The number of nitrogens with one attached hydrogen (secondary N) is 1. The maximum atomic E-state index is 11.3. The van der Waals surface area contributed by atoms with Gasteiger partial charge in [0.05, 0.1) is 26.4 Å². The molecule has 0 heterocycles. The van der Waals surface area contributed by atoms with Gasteiger partial charge in [0.2, 0.25) is 0 Å². The van der Waals surface area contributed by atoms with Gasteiger partial charge >= 0.3 is 11.9 Å². The van der Waals surface area contributed by atoms with Crippen molar-refractivity contribution in [3.8, 4) is 0 Å². The lowest BCUT2D eigenvalue weighted by Crippen LogP contribution is -2.27. The molecule has 0 fully saturated rings. The number of ether oxygens (including phenoxy) is 2. The number of aliphatic hydroxyl groups excluding tert-OH is 4. The number of carbonyl (C=O) groups excluding carboxylic acids is 2. The Morgan fingerprint density at radius 1 is 0.739 bits per heavy atom. The highest BCUT2D eigenvalue weighted by Crippen LogP contribution is 1.99. The average Bonchev–Trinajstić information content (AvgIpc) is 2.56. The molecule has 9 nitrogen and oxygen atoms in total. The quantitative estimate of drug-likeness (QED) is 0.178. The van der Waals surface area contributed by atoms with Crippen LogP contribution in [0.25, 0.3) is 0 Å². The summed E-state index contributed by atoms with van der Waals surface area (Å²) in [5.74, 6) is -0.968. The fourth-order valence-corrected chi connectivity index (χ4v) is 1.59. The fourth-order valence-electron chi connectivity index (χ4n) is 1.59. The van der Waals surface area contributed by atoms with E-state index in [-0.39, 0.29) is 12.8 Å². The molecule has 0 radical (unpaired) electrons. The molecule has 9 heteroatoms. The molecule has 0 saturated heterocycles. The van der Waals surface area contributed by atoms with Gasteiger partial charge in [0.15, 0.2) is 0 Å². The van der Waals surface area contributed by atoms with E-state index in [2.05, 4.69) is 5.32 Å². The van der Waals surface area contributed by atoms with E-state index in [0.29, 0.717) is 25.9 Å².